The molecular weight excluding hydrogens is 651 g/mol. The molecule has 6 aromatic rings. The zero-order valence-electron chi connectivity index (χ0n) is 27.0. The highest BCUT2D eigenvalue weighted by Gasteiger charge is 2.23. The molecule has 0 aliphatic carbocycles. The van der Waals surface area contributed by atoms with Gasteiger partial charge in [0.1, 0.15) is 11.1 Å². The average molecular weight is 682 g/mol. The molecule has 49 heavy (non-hydrogen) atoms. The summed E-state index contributed by atoms with van der Waals surface area (Å²) in [6.45, 7) is 1.77. The maximum atomic E-state index is 13.5. The van der Waals surface area contributed by atoms with E-state index in [1.54, 1.807) is 75.0 Å². The molecule has 1 amide bonds. The molecule has 1 atom stereocenters. The number of thiophene rings is 1. The lowest BCUT2D eigenvalue weighted by Crippen LogP contribution is -2.22. The molecule has 242 valence electrons. The third-order valence-corrected chi connectivity index (χ3v) is 9.82. The molecule has 0 saturated carbocycles. The van der Waals surface area contributed by atoms with Gasteiger partial charge >= 0.3 is 0 Å². The van der Waals surface area contributed by atoms with Crippen molar-refractivity contribution in [3.8, 4) is 40.0 Å². The molecular formula is C40H31N3O4S2. The number of allylic oxidation sites excluding steroid dienone is 1. The van der Waals surface area contributed by atoms with Crippen molar-refractivity contribution >= 4 is 57.3 Å². The summed E-state index contributed by atoms with van der Waals surface area (Å²) in [5, 5.41) is 17.3. The number of nitrogens with one attached hydrogen (secondary N) is 1. The Bertz CT molecular complexity index is 2220. The summed E-state index contributed by atoms with van der Waals surface area (Å²) in [5.74, 6) is 0.707. The summed E-state index contributed by atoms with van der Waals surface area (Å²) in [7, 11) is 3.14. The van der Waals surface area contributed by atoms with Gasteiger partial charge in [0, 0.05) is 27.3 Å². The predicted molar refractivity (Wildman–Crippen MR) is 199 cm³/mol. The SMILES string of the molecule is COc1ccc(-c2cc(-c3cccc4ccccc34)nc(SC(C)C(=O)Nc3ccc(C(=O)C=Cc4cccs4)cc3)c2C#N)cc1OC. The monoisotopic (exact) mass is 681 g/mol. The van der Waals surface area contributed by atoms with Gasteiger partial charge in [-0.05, 0) is 89.3 Å². The summed E-state index contributed by atoms with van der Waals surface area (Å²) < 4.78 is 11.0. The smallest absolute Gasteiger partial charge is 0.237 e. The van der Waals surface area contributed by atoms with Gasteiger partial charge < -0.3 is 14.8 Å². The van der Waals surface area contributed by atoms with Crippen LogP contribution in [-0.4, -0.2) is 36.1 Å². The number of rotatable bonds is 11. The van der Waals surface area contributed by atoms with Crippen molar-refractivity contribution in [2.24, 2.45) is 0 Å². The van der Waals surface area contributed by atoms with Gasteiger partial charge in [-0.15, -0.1) is 11.3 Å². The number of carbonyl (C=O) groups is 2. The van der Waals surface area contributed by atoms with Gasteiger partial charge in [-0.2, -0.15) is 5.26 Å². The largest absolute Gasteiger partial charge is 0.493 e. The molecule has 0 radical (unpaired) electrons. The van der Waals surface area contributed by atoms with Crippen molar-refractivity contribution in [1.29, 1.82) is 5.26 Å². The molecule has 7 nitrogen and oxygen atoms in total. The highest BCUT2D eigenvalue weighted by atomic mass is 32.2. The van der Waals surface area contributed by atoms with Crippen molar-refractivity contribution in [1.82, 2.24) is 4.98 Å². The first-order chi connectivity index (χ1) is 23.9. The van der Waals surface area contributed by atoms with Crippen LogP contribution >= 0.6 is 23.1 Å². The highest BCUT2D eigenvalue weighted by Crippen LogP contribution is 2.40. The average Bonchev–Trinajstić information content (AvgIpc) is 3.67. The number of carbonyl (C=O) groups excluding carboxylic acids is 2. The van der Waals surface area contributed by atoms with Crippen LogP contribution in [0.5, 0.6) is 11.5 Å². The summed E-state index contributed by atoms with van der Waals surface area (Å²) in [6, 6.07) is 34.5. The maximum absolute atomic E-state index is 13.5. The van der Waals surface area contributed by atoms with Crippen molar-refractivity contribution in [3.63, 3.8) is 0 Å². The minimum Gasteiger partial charge on any atom is -0.493 e. The van der Waals surface area contributed by atoms with Crippen molar-refractivity contribution in [2.75, 3.05) is 19.5 Å². The molecule has 1 N–H and O–H groups in total. The molecule has 0 spiro atoms. The van der Waals surface area contributed by atoms with Crippen LogP contribution in [0, 0.1) is 11.3 Å². The highest BCUT2D eigenvalue weighted by molar-refractivity contribution is 8.00. The number of fused-ring (bicyclic) bond motifs is 1. The molecule has 0 bridgehead atoms. The number of ketones is 1. The molecule has 0 fully saturated rings. The van der Waals surface area contributed by atoms with E-state index in [9.17, 15) is 14.9 Å². The predicted octanol–water partition coefficient (Wildman–Crippen LogP) is 9.53. The van der Waals surface area contributed by atoms with Gasteiger partial charge in [0.25, 0.3) is 0 Å². The van der Waals surface area contributed by atoms with E-state index >= 15 is 0 Å². The first kappa shape index (κ1) is 33.2. The maximum Gasteiger partial charge on any atom is 0.237 e. The number of pyridine rings is 1. The van der Waals surface area contributed by atoms with Crippen LogP contribution in [0.15, 0.2) is 120 Å². The Morgan fingerprint density at radius 2 is 1.67 bits per heavy atom. The number of nitriles is 1. The van der Waals surface area contributed by atoms with Crippen LogP contribution < -0.4 is 14.8 Å². The number of methoxy groups -OCH3 is 2. The molecule has 6 rings (SSSR count). The Morgan fingerprint density at radius 1 is 0.898 bits per heavy atom. The first-order valence-corrected chi connectivity index (χ1v) is 17.1. The lowest BCUT2D eigenvalue weighted by atomic mass is 9.96. The Labute approximate surface area is 292 Å². The second kappa shape index (κ2) is 15.0. The fraction of sp³-hybridized carbons (Fsp3) is 0.100. The van der Waals surface area contributed by atoms with E-state index in [2.05, 4.69) is 11.4 Å². The van der Waals surface area contributed by atoms with Gasteiger partial charge in [0.15, 0.2) is 17.3 Å². The number of thioether (sulfide) groups is 1. The van der Waals surface area contributed by atoms with Crippen LogP contribution in [0.3, 0.4) is 0 Å². The number of hydrogen-bond donors (Lipinski definition) is 1. The quantitative estimate of drug-likeness (QED) is 0.0826. The molecule has 0 aliphatic heterocycles. The van der Waals surface area contributed by atoms with Crippen LogP contribution in [0.2, 0.25) is 0 Å². The number of aromatic nitrogens is 1. The van der Waals surface area contributed by atoms with Crippen LogP contribution in [0.1, 0.15) is 27.7 Å². The van der Waals surface area contributed by atoms with Crippen molar-refractivity contribution in [2.45, 2.75) is 17.2 Å². The molecule has 0 aliphatic rings. The van der Waals surface area contributed by atoms with Crippen LogP contribution in [0.25, 0.3) is 39.2 Å². The number of ether oxygens (including phenoxy) is 2. The molecule has 0 saturated heterocycles. The van der Waals surface area contributed by atoms with Gasteiger partial charge in [-0.3, -0.25) is 9.59 Å². The lowest BCUT2D eigenvalue weighted by molar-refractivity contribution is -0.115. The Balaban J connectivity index is 1.31. The van der Waals surface area contributed by atoms with E-state index in [0.717, 1.165) is 26.8 Å². The number of hydrogen-bond acceptors (Lipinski definition) is 8. The van der Waals surface area contributed by atoms with E-state index in [0.29, 0.717) is 44.6 Å². The Kier molecular flexibility index (Phi) is 10.2. The van der Waals surface area contributed by atoms with Crippen molar-refractivity contribution < 1.29 is 19.1 Å². The molecule has 2 aromatic heterocycles. The van der Waals surface area contributed by atoms with E-state index < -0.39 is 5.25 Å². The van der Waals surface area contributed by atoms with Crippen LogP contribution in [-0.2, 0) is 4.79 Å². The lowest BCUT2D eigenvalue weighted by Gasteiger charge is -2.17. The number of nitrogens with zero attached hydrogens (tertiary/aromatic N) is 2. The second-order valence-corrected chi connectivity index (χ2v) is 13.3. The van der Waals surface area contributed by atoms with Gasteiger partial charge in [-0.25, -0.2) is 4.98 Å². The topological polar surface area (TPSA) is 101 Å². The number of benzene rings is 4. The van der Waals surface area contributed by atoms with E-state index in [1.807, 2.05) is 78.2 Å². The molecule has 9 heteroatoms. The van der Waals surface area contributed by atoms with Crippen molar-refractivity contribution in [3.05, 3.63) is 131 Å². The minimum absolute atomic E-state index is 0.123. The van der Waals surface area contributed by atoms with Crippen LogP contribution in [0.4, 0.5) is 5.69 Å². The Morgan fingerprint density at radius 3 is 2.41 bits per heavy atom. The summed E-state index contributed by atoms with van der Waals surface area (Å²) >= 11 is 2.77. The standard InChI is InChI=1S/C40H31N3O4S2/c1-25(39(45)42-29-16-13-27(14-17-29)36(44)19-18-30-10-7-21-48-30)49-40-34(24-41)33(28-15-20-37(46-2)38(22-28)47-3)23-35(43-40)32-12-6-9-26-8-4-5-11-31(26)32/h4-23,25H,1-3H3,(H,42,45). The molecule has 4 aromatic carbocycles. The van der Waals surface area contributed by atoms with E-state index in [-0.39, 0.29) is 11.7 Å². The van der Waals surface area contributed by atoms with E-state index in [4.69, 9.17) is 14.5 Å². The minimum atomic E-state index is -0.615. The summed E-state index contributed by atoms with van der Waals surface area (Å²) in [6.07, 6.45) is 3.33. The third-order valence-electron chi connectivity index (χ3n) is 7.89. The normalized spacial score (nSPS) is 11.6. The molecule has 1 unspecified atom stereocenters. The van der Waals surface area contributed by atoms with Gasteiger partial charge in [-0.1, -0.05) is 66.4 Å². The zero-order valence-corrected chi connectivity index (χ0v) is 28.6. The fourth-order valence-electron chi connectivity index (χ4n) is 5.36. The number of amides is 1. The Hall–Kier alpha value is -5.69. The number of anilines is 1. The second-order valence-electron chi connectivity index (χ2n) is 11.0. The molecule has 2 heterocycles. The summed E-state index contributed by atoms with van der Waals surface area (Å²) in [4.78, 5) is 32.1. The summed E-state index contributed by atoms with van der Waals surface area (Å²) in [5.41, 5.74) is 4.40. The fourth-order valence-corrected chi connectivity index (χ4v) is 6.90. The van der Waals surface area contributed by atoms with Gasteiger partial charge in [0.05, 0.1) is 30.7 Å². The van der Waals surface area contributed by atoms with Gasteiger partial charge in [0.2, 0.25) is 5.91 Å². The first-order valence-electron chi connectivity index (χ1n) is 15.4. The van der Waals surface area contributed by atoms with E-state index in [1.165, 1.54) is 11.8 Å². The third kappa shape index (κ3) is 7.41. The zero-order chi connectivity index (χ0) is 34.3.